The number of hydrogen-bond donors (Lipinski definition) is 2. The summed E-state index contributed by atoms with van der Waals surface area (Å²) in [5.41, 5.74) is 3.70. The highest BCUT2D eigenvalue weighted by molar-refractivity contribution is 5.89. The Hall–Kier alpha value is -3.60. The number of nitrogens with zero attached hydrogens (tertiary/aromatic N) is 1. The lowest BCUT2D eigenvalue weighted by atomic mass is 10.1. The second-order valence-corrected chi connectivity index (χ2v) is 5.92. The van der Waals surface area contributed by atoms with Gasteiger partial charge in [0, 0.05) is 11.6 Å². The van der Waals surface area contributed by atoms with Crippen molar-refractivity contribution >= 4 is 17.0 Å². The average molecular weight is 344 g/mol. The molecule has 0 radical (unpaired) electrons. The number of rotatable bonds is 5. The van der Waals surface area contributed by atoms with Gasteiger partial charge in [0.15, 0.2) is 0 Å². The Kier molecular flexibility index (Phi) is 4.11. The summed E-state index contributed by atoms with van der Waals surface area (Å²) in [4.78, 5) is 18.9. The Balaban J connectivity index is 1.59. The van der Waals surface area contributed by atoms with Gasteiger partial charge in [-0.15, -0.1) is 0 Å². The number of fused-ring (bicyclic) bond motifs is 1. The normalized spacial score (nSPS) is 10.8. The Morgan fingerprint density at radius 1 is 1.00 bits per heavy atom. The van der Waals surface area contributed by atoms with Crippen LogP contribution in [-0.4, -0.2) is 21.0 Å². The van der Waals surface area contributed by atoms with Crippen LogP contribution in [0.1, 0.15) is 15.9 Å². The first-order valence-corrected chi connectivity index (χ1v) is 8.19. The molecule has 0 aliphatic carbocycles. The summed E-state index contributed by atoms with van der Waals surface area (Å²) in [5.74, 6) is 0.415. The maximum Gasteiger partial charge on any atom is 0.335 e. The van der Waals surface area contributed by atoms with Crippen LogP contribution in [0.15, 0.2) is 72.8 Å². The topological polar surface area (TPSA) is 75.2 Å². The third-order valence-electron chi connectivity index (χ3n) is 4.08. The molecule has 4 aromatic rings. The Bertz CT molecular complexity index is 1070. The lowest BCUT2D eigenvalue weighted by Gasteiger charge is -2.05. The molecular weight excluding hydrogens is 328 g/mol. The quantitative estimate of drug-likeness (QED) is 0.559. The minimum Gasteiger partial charge on any atom is -0.489 e. The molecule has 0 fully saturated rings. The third kappa shape index (κ3) is 3.28. The molecule has 0 saturated heterocycles. The summed E-state index contributed by atoms with van der Waals surface area (Å²) in [5, 5.41) is 9.14. The molecular formula is C21H16N2O3. The number of ether oxygens (including phenoxy) is 1. The van der Waals surface area contributed by atoms with Gasteiger partial charge in [-0.25, -0.2) is 9.78 Å². The van der Waals surface area contributed by atoms with E-state index in [2.05, 4.69) is 9.97 Å². The number of nitrogens with one attached hydrogen (secondary N) is 1. The van der Waals surface area contributed by atoms with E-state index in [1.165, 1.54) is 0 Å². The summed E-state index contributed by atoms with van der Waals surface area (Å²) in [6.07, 6.45) is 0. The lowest BCUT2D eigenvalue weighted by Crippen LogP contribution is -1.95. The number of carbonyl (C=O) groups is 1. The molecule has 1 aromatic heterocycles. The maximum absolute atomic E-state index is 11.1. The standard InChI is InChI=1S/C21H16N2O3/c24-21(25)16-8-4-7-15(11-16)20-22-18-10-9-17(12-19(18)23-20)26-13-14-5-2-1-3-6-14/h1-12H,13H2,(H,22,23)(H,24,25). The minimum absolute atomic E-state index is 0.231. The average Bonchev–Trinajstić information content (AvgIpc) is 3.11. The van der Waals surface area contributed by atoms with E-state index in [1.54, 1.807) is 18.2 Å². The largest absolute Gasteiger partial charge is 0.489 e. The zero-order chi connectivity index (χ0) is 17.9. The SMILES string of the molecule is O=C(O)c1cccc(-c2nc3ccc(OCc4ccccc4)cc3[nH]2)c1. The number of aromatic carboxylic acids is 1. The molecule has 5 nitrogen and oxygen atoms in total. The van der Waals surface area contributed by atoms with E-state index >= 15 is 0 Å². The number of benzene rings is 3. The van der Waals surface area contributed by atoms with Crippen LogP contribution in [0.5, 0.6) is 5.75 Å². The van der Waals surface area contributed by atoms with Gasteiger partial charge in [0.05, 0.1) is 16.6 Å². The predicted octanol–water partition coefficient (Wildman–Crippen LogP) is 4.51. The van der Waals surface area contributed by atoms with Crippen LogP contribution in [0.2, 0.25) is 0 Å². The lowest BCUT2D eigenvalue weighted by molar-refractivity contribution is 0.0697. The second-order valence-electron chi connectivity index (χ2n) is 5.92. The van der Waals surface area contributed by atoms with Crippen molar-refractivity contribution in [2.75, 3.05) is 0 Å². The molecule has 128 valence electrons. The molecule has 4 rings (SSSR count). The van der Waals surface area contributed by atoms with Gasteiger partial charge < -0.3 is 14.8 Å². The molecule has 3 aromatic carbocycles. The number of aromatic nitrogens is 2. The van der Waals surface area contributed by atoms with Gasteiger partial charge in [-0.3, -0.25) is 0 Å². The Morgan fingerprint density at radius 2 is 1.85 bits per heavy atom. The monoisotopic (exact) mass is 344 g/mol. The van der Waals surface area contributed by atoms with Crippen molar-refractivity contribution in [2.24, 2.45) is 0 Å². The van der Waals surface area contributed by atoms with Crippen LogP contribution in [0, 0.1) is 0 Å². The number of hydrogen-bond acceptors (Lipinski definition) is 3. The van der Waals surface area contributed by atoms with Crippen molar-refractivity contribution in [1.29, 1.82) is 0 Å². The first kappa shape index (κ1) is 15.9. The minimum atomic E-state index is -0.959. The number of H-pyrrole nitrogens is 1. The smallest absolute Gasteiger partial charge is 0.335 e. The van der Waals surface area contributed by atoms with Gasteiger partial charge in [-0.1, -0.05) is 42.5 Å². The second kappa shape index (κ2) is 6.72. The van der Waals surface area contributed by atoms with Crippen molar-refractivity contribution < 1.29 is 14.6 Å². The molecule has 0 aliphatic rings. The van der Waals surface area contributed by atoms with Crippen LogP contribution >= 0.6 is 0 Å². The van der Waals surface area contributed by atoms with E-state index in [9.17, 15) is 4.79 Å². The summed E-state index contributed by atoms with van der Waals surface area (Å²) < 4.78 is 5.84. The zero-order valence-electron chi connectivity index (χ0n) is 13.8. The maximum atomic E-state index is 11.1. The summed E-state index contributed by atoms with van der Waals surface area (Å²) >= 11 is 0. The molecule has 0 spiro atoms. The highest BCUT2D eigenvalue weighted by atomic mass is 16.5. The highest BCUT2D eigenvalue weighted by Gasteiger charge is 2.09. The fourth-order valence-electron chi connectivity index (χ4n) is 2.76. The van der Waals surface area contributed by atoms with Crippen LogP contribution in [0.4, 0.5) is 0 Å². The van der Waals surface area contributed by atoms with E-state index in [4.69, 9.17) is 9.84 Å². The summed E-state index contributed by atoms with van der Waals surface area (Å²) in [7, 11) is 0. The molecule has 26 heavy (non-hydrogen) atoms. The Labute approximate surface area is 149 Å². The van der Waals surface area contributed by atoms with Crippen molar-refractivity contribution in [3.8, 4) is 17.1 Å². The summed E-state index contributed by atoms with van der Waals surface area (Å²) in [6, 6.07) is 22.3. The molecule has 0 amide bonds. The van der Waals surface area contributed by atoms with Crippen molar-refractivity contribution in [2.45, 2.75) is 6.61 Å². The third-order valence-corrected chi connectivity index (χ3v) is 4.08. The fourth-order valence-corrected chi connectivity index (χ4v) is 2.76. The van der Waals surface area contributed by atoms with Crippen LogP contribution in [0.3, 0.4) is 0 Å². The van der Waals surface area contributed by atoms with E-state index in [0.717, 1.165) is 27.9 Å². The van der Waals surface area contributed by atoms with Crippen LogP contribution in [-0.2, 0) is 6.61 Å². The van der Waals surface area contributed by atoms with Gasteiger partial charge in [-0.2, -0.15) is 0 Å². The molecule has 0 bridgehead atoms. The number of imidazole rings is 1. The zero-order valence-corrected chi connectivity index (χ0v) is 13.8. The Morgan fingerprint density at radius 3 is 2.65 bits per heavy atom. The number of aromatic amines is 1. The fraction of sp³-hybridized carbons (Fsp3) is 0.0476. The van der Waals surface area contributed by atoms with Gasteiger partial charge in [0.2, 0.25) is 0 Å². The van der Waals surface area contributed by atoms with Gasteiger partial charge in [0.1, 0.15) is 18.2 Å². The summed E-state index contributed by atoms with van der Waals surface area (Å²) in [6.45, 7) is 0.494. The number of carboxylic acids is 1. The molecule has 5 heteroatoms. The van der Waals surface area contributed by atoms with Crippen molar-refractivity contribution in [3.05, 3.63) is 83.9 Å². The molecule has 0 saturated carbocycles. The highest BCUT2D eigenvalue weighted by Crippen LogP contribution is 2.25. The van der Waals surface area contributed by atoms with Gasteiger partial charge in [0.25, 0.3) is 0 Å². The first-order chi connectivity index (χ1) is 12.7. The van der Waals surface area contributed by atoms with Crippen molar-refractivity contribution in [1.82, 2.24) is 9.97 Å². The van der Waals surface area contributed by atoms with Crippen LogP contribution < -0.4 is 4.74 Å². The van der Waals surface area contributed by atoms with Gasteiger partial charge >= 0.3 is 5.97 Å². The van der Waals surface area contributed by atoms with Crippen LogP contribution in [0.25, 0.3) is 22.4 Å². The van der Waals surface area contributed by atoms with E-state index in [0.29, 0.717) is 12.4 Å². The van der Waals surface area contributed by atoms with E-state index < -0.39 is 5.97 Å². The predicted molar refractivity (Wildman–Crippen MR) is 99.3 cm³/mol. The van der Waals surface area contributed by atoms with Gasteiger partial charge in [-0.05, 0) is 29.8 Å². The number of carboxylic acid groups (broad SMARTS) is 1. The first-order valence-electron chi connectivity index (χ1n) is 8.19. The molecule has 0 unspecified atom stereocenters. The van der Waals surface area contributed by atoms with E-state index in [-0.39, 0.29) is 5.56 Å². The molecule has 0 aliphatic heterocycles. The van der Waals surface area contributed by atoms with Crippen molar-refractivity contribution in [3.63, 3.8) is 0 Å². The van der Waals surface area contributed by atoms with E-state index in [1.807, 2.05) is 54.6 Å². The molecule has 1 heterocycles. The molecule has 2 N–H and O–H groups in total. The molecule has 0 atom stereocenters.